The summed E-state index contributed by atoms with van der Waals surface area (Å²) < 4.78 is 5.83. The zero-order valence-corrected chi connectivity index (χ0v) is 16.2. The van der Waals surface area contributed by atoms with Crippen LogP contribution in [0.5, 0.6) is 11.6 Å². The van der Waals surface area contributed by atoms with Crippen LogP contribution >= 0.6 is 0 Å². The Hall–Kier alpha value is -3.22. The summed E-state index contributed by atoms with van der Waals surface area (Å²) in [5.41, 5.74) is 3.70. The molecule has 7 nitrogen and oxygen atoms in total. The molecule has 7 heteroatoms. The molecule has 1 amide bonds. The fraction of sp³-hybridized carbons (Fsp3) is 0.364. The Morgan fingerprint density at radius 2 is 2.03 bits per heavy atom. The number of hydrogen-bond donors (Lipinski definition) is 1. The lowest BCUT2D eigenvalue weighted by molar-refractivity contribution is 0.0698. The van der Waals surface area contributed by atoms with Crippen LogP contribution < -0.4 is 4.74 Å². The van der Waals surface area contributed by atoms with Crippen molar-refractivity contribution in [1.29, 1.82) is 0 Å². The summed E-state index contributed by atoms with van der Waals surface area (Å²) in [6.07, 6.45) is 8.34. The lowest BCUT2D eigenvalue weighted by atomic mass is 9.94. The molecule has 0 radical (unpaired) electrons. The topological polar surface area (TPSA) is 84.0 Å². The quantitative estimate of drug-likeness (QED) is 0.738. The van der Waals surface area contributed by atoms with Crippen molar-refractivity contribution >= 4 is 5.91 Å². The van der Waals surface area contributed by atoms with E-state index >= 15 is 0 Å². The summed E-state index contributed by atoms with van der Waals surface area (Å²) in [4.78, 5) is 24.0. The van der Waals surface area contributed by atoms with Gasteiger partial charge in [-0.25, -0.2) is 4.98 Å². The molecule has 1 atom stereocenters. The van der Waals surface area contributed by atoms with Gasteiger partial charge in [-0.1, -0.05) is 18.2 Å². The third-order valence-corrected chi connectivity index (χ3v) is 5.73. The standard InChI is InChI=1S/C22H23N5O2/c28-22(21-17-9-4-10-18(17)25-26-21)27-11-5-6-15(14-27)19-12-23-13-20(24-19)29-16-7-2-1-3-8-16/h1-3,7-8,12-13,15H,4-6,9-11,14H2,(H,25,26). The Balaban J connectivity index is 1.32. The maximum absolute atomic E-state index is 13.1. The van der Waals surface area contributed by atoms with Gasteiger partial charge in [-0.05, 0) is 44.2 Å². The van der Waals surface area contributed by atoms with Crippen molar-refractivity contribution in [2.24, 2.45) is 0 Å². The molecule has 0 bridgehead atoms. The van der Waals surface area contributed by atoms with Crippen molar-refractivity contribution in [3.8, 4) is 11.6 Å². The average molecular weight is 389 g/mol. The number of H-pyrrole nitrogens is 1. The van der Waals surface area contributed by atoms with Crippen molar-refractivity contribution in [2.45, 2.75) is 38.0 Å². The van der Waals surface area contributed by atoms with E-state index in [0.717, 1.165) is 61.3 Å². The van der Waals surface area contributed by atoms with Gasteiger partial charge in [0.15, 0.2) is 5.69 Å². The summed E-state index contributed by atoms with van der Waals surface area (Å²) in [5.74, 6) is 1.37. The first-order chi connectivity index (χ1) is 14.3. The van der Waals surface area contributed by atoms with Crippen LogP contribution in [0.15, 0.2) is 42.7 Å². The summed E-state index contributed by atoms with van der Waals surface area (Å²) in [7, 11) is 0. The molecular weight excluding hydrogens is 366 g/mol. The highest BCUT2D eigenvalue weighted by Gasteiger charge is 2.31. The SMILES string of the molecule is O=C(c1n[nH]c2c1CCC2)N1CCCC(c2cncc(Oc3ccccc3)n2)C1. The third kappa shape index (κ3) is 3.60. The van der Waals surface area contributed by atoms with E-state index in [1.807, 2.05) is 35.2 Å². The monoisotopic (exact) mass is 389 g/mol. The number of nitrogens with one attached hydrogen (secondary N) is 1. The summed E-state index contributed by atoms with van der Waals surface area (Å²) >= 11 is 0. The molecule has 0 spiro atoms. The molecule has 1 fully saturated rings. The van der Waals surface area contributed by atoms with Gasteiger partial charge in [0.25, 0.3) is 5.91 Å². The van der Waals surface area contributed by atoms with Crippen LogP contribution in [0.3, 0.4) is 0 Å². The number of rotatable bonds is 4. The highest BCUT2D eigenvalue weighted by atomic mass is 16.5. The summed E-state index contributed by atoms with van der Waals surface area (Å²) in [6, 6.07) is 9.55. The number of aromatic nitrogens is 4. The first-order valence-corrected chi connectivity index (χ1v) is 10.2. The molecule has 2 aromatic heterocycles. The van der Waals surface area contributed by atoms with E-state index in [2.05, 4.69) is 20.2 Å². The first kappa shape index (κ1) is 17.8. The summed E-state index contributed by atoms with van der Waals surface area (Å²) in [6.45, 7) is 1.38. The molecule has 3 heterocycles. The van der Waals surface area contributed by atoms with Crippen molar-refractivity contribution in [3.63, 3.8) is 0 Å². The Kier molecular flexibility index (Phi) is 4.71. The van der Waals surface area contributed by atoms with E-state index in [1.54, 1.807) is 12.4 Å². The molecule has 3 aromatic rings. The molecule has 2 aliphatic rings. The molecule has 148 valence electrons. The van der Waals surface area contributed by atoms with Gasteiger partial charge in [-0.3, -0.25) is 14.9 Å². The highest BCUT2D eigenvalue weighted by Crippen LogP contribution is 2.30. The number of amides is 1. The van der Waals surface area contributed by atoms with Gasteiger partial charge in [0.05, 0.1) is 11.9 Å². The number of aromatic amines is 1. The van der Waals surface area contributed by atoms with Crippen molar-refractivity contribution < 1.29 is 9.53 Å². The minimum atomic E-state index is 0.0266. The smallest absolute Gasteiger partial charge is 0.274 e. The lowest BCUT2D eigenvalue weighted by Crippen LogP contribution is -2.39. The highest BCUT2D eigenvalue weighted by molar-refractivity contribution is 5.94. The van der Waals surface area contributed by atoms with Crippen molar-refractivity contribution in [1.82, 2.24) is 25.1 Å². The average Bonchev–Trinajstić information content (AvgIpc) is 3.38. The number of fused-ring (bicyclic) bond motifs is 1. The number of hydrogen-bond acceptors (Lipinski definition) is 5. The predicted molar refractivity (Wildman–Crippen MR) is 107 cm³/mol. The van der Waals surface area contributed by atoms with Crippen LogP contribution in [0.1, 0.15) is 52.6 Å². The number of ether oxygens (including phenoxy) is 1. The molecule has 1 aliphatic heterocycles. The van der Waals surface area contributed by atoms with Gasteiger partial charge in [0.1, 0.15) is 5.75 Å². The minimum Gasteiger partial charge on any atom is -0.437 e. The van der Waals surface area contributed by atoms with Crippen molar-refractivity contribution in [2.75, 3.05) is 13.1 Å². The second-order valence-electron chi connectivity index (χ2n) is 7.67. The van der Waals surface area contributed by atoms with Gasteiger partial charge in [0, 0.05) is 36.5 Å². The van der Waals surface area contributed by atoms with E-state index in [4.69, 9.17) is 4.74 Å². The second-order valence-corrected chi connectivity index (χ2v) is 7.67. The van der Waals surface area contributed by atoms with Gasteiger partial charge in [0.2, 0.25) is 5.88 Å². The molecular formula is C22H23N5O2. The zero-order chi connectivity index (χ0) is 19.6. The Morgan fingerprint density at radius 1 is 1.14 bits per heavy atom. The number of nitrogens with zero attached hydrogens (tertiary/aromatic N) is 4. The number of carbonyl (C=O) groups is 1. The van der Waals surface area contributed by atoms with Crippen molar-refractivity contribution in [3.05, 3.63) is 65.4 Å². The minimum absolute atomic E-state index is 0.0266. The number of likely N-dealkylation sites (tertiary alicyclic amines) is 1. The number of carbonyl (C=O) groups excluding carboxylic acids is 1. The van der Waals surface area contributed by atoms with Gasteiger partial charge in [-0.2, -0.15) is 5.10 Å². The van der Waals surface area contributed by atoms with Crippen LogP contribution in [-0.2, 0) is 12.8 Å². The van der Waals surface area contributed by atoms with Crippen LogP contribution in [0.4, 0.5) is 0 Å². The van der Waals surface area contributed by atoms with Gasteiger partial charge < -0.3 is 9.64 Å². The predicted octanol–water partition coefficient (Wildman–Crippen LogP) is 3.50. The third-order valence-electron chi connectivity index (χ3n) is 5.73. The van der Waals surface area contributed by atoms with E-state index in [-0.39, 0.29) is 11.8 Å². The molecule has 5 rings (SSSR count). The van der Waals surface area contributed by atoms with Gasteiger partial charge >= 0.3 is 0 Å². The fourth-order valence-corrected chi connectivity index (χ4v) is 4.27. The van der Waals surface area contributed by atoms with Crippen LogP contribution in [0.2, 0.25) is 0 Å². The molecule has 0 saturated carbocycles. The number of benzene rings is 1. The maximum Gasteiger partial charge on any atom is 0.274 e. The maximum atomic E-state index is 13.1. The Labute approximate surface area is 169 Å². The molecule has 1 saturated heterocycles. The van der Waals surface area contributed by atoms with E-state index in [1.165, 1.54) is 0 Å². The van der Waals surface area contributed by atoms with Gasteiger partial charge in [-0.15, -0.1) is 0 Å². The van der Waals surface area contributed by atoms with Crippen LogP contribution in [0.25, 0.3) is 0 Å². The molecule has 1 aliphatic carbocycles. The second kappa shape index (κ2) is 7.66. The summed E-state index contributed by atoms with van der Waals surface area (Å²) in [5, 5.41) is 7.35. The van der Waals surface area contributed by atoms with E-state index < -0.39 is 0 Å². The largest absolute Gasteiger partial charge is 0.437 e. The van der Waals surface area contributed by atoms with E-state index in [0.29, 0.717) is 18.1 Å². The van der Waals surface area contributed by atoms with Crippen LogP contribution in [0, 0.1) is 0 Å². The number of para-hydroxylation sites is 1. The molecule has 29 heavy (non-hydrogen) atoms. The Bertz CT molecular complexity index is 1020. The van der Waals surface area contributed by atoms with Crippen LogP contribution in [-0.4, -0.2) is 44.1 Å². The fourth-order valence-electron chi connectivity index (χ4n) is 4.27. The molecule has 1 aromatic carbocycles. The number of piperidine rings is 1. The molecule has 1 unspecified atom stereocenters. The lowest BCUT2D eigenvalue weighted by Gasteiger charge is -2.32. The zero-order valence-electron chi connectivity index (χ0n) is 16.2. The Morgan fingerprint density at radius 3 is 2.93 bits per heavy atom. The van der Waals surface area contributed by atoms with E-state index in [9.17, 15) is 4.79 Å². The number of aryl methyl sites for hydroxylation is 1. The normalized spacial score (nSPS) is 18.5. The molecule has 1 N–H and O–H groups in total. The first-order valence-electron chi connectivity index (χ1n) is 10.2.